The van der Waals surface area contributed by atoms with Gasteiger partial charge in [0.1, 0.15) is 17.6 Å². The van der Waals surface area contributed by atoms with Gasteiger partial charge in [-0.15, -0.1) is 0 Å². The lowest BCUT2D eigenvalue weighted by molar-refractivity contribution is -0.125. The van der Waals surface area contributed by atoms with Gasteiger partial charge in [0.25, 0.3) is 5.91 Å². The molecule has 210 valence electrons. The number of methoxy groups -OCH3 is 1. The molecule has 2 saturated carbocycles. The van der Waals surface area contributed by atoms with Gasteiger partial charge in [-0.25, -0.2) is 9.37 Å². The van der Waals surface area contributed by atoms with E-state index in [1.54, 1.807) is 43.5 Å². The molecule has 0 atom stereocenters. The van der Waals surface area contributed by atoms with Gasteiger partial charge in [-0.2, -0.15) is 4.98 Å². The molecule has 2 aromatic rings. The van der Waals surface area contributed by atoms with Crippen molar-refractivity contribution < 1.29 is 18.7 Å². The van der Waals surface area contributed by atoms with E-state index in [4.69, 9.17) is 9.72 Å². The number of rotatable bonds is 6. The molecule has 2 amide bonds. The van der Waals surface area contributed by atoms with Crippen LogP contribution in [0.4, 0.5) is 27.5 Å². The van der Waals surface area contributed by atoms with Crippen molar-refractivity contribution in [2.24, 2.45) is 5.41 Å². The van der Waals surface area contributed by atoms with Crippen LogP contribution < -0.4 is 25.2 Å². The zero-order chi connectivity index (χ0) is 27.7. The fourth-order valence-electron chi connectivity index (χ4n) is 6.05. The Kier molecular flexibility index (Phi) is 7.64. The van der Waals surface area contributed by atoms with E-state index in [0.29, 0.717) is 66.9 Å². The molecule has 0 radical (unpaired) electrons. The predicted octanol–water partition coefficient (Wildman–Crippen LogP) is 4.99. The van der Waals surface area contributed by atoms with Crippen LogP contribution in [0, 0.1) is 5.41 Å². The maximum absolute atomic E-state index is 13.5. The fourth-order valence-corrected chi connectivity index (χ4v) is 6.05. The second-order valence-electron chi connectivity index (χ2n) is 11.7. The molecule has 2 N–H and O–H groups in total. The molecule has 39 heavy (non-hydrogen) atoms. The monoisotopic (exact) mass is 538 g/mol. The van der Waals surface area contributed by atoms with Crippen molar-refractivity contribution in [3.8, 4) is 5.75 Å². The Hall–Kier alpha value is -3.43. The van der Waals surface area contributed by atoms with E-state index < -0.39 is 11.6 Å². The van der Waals surface area contributed by atoms with Gasteiger partial charge in [0.2, 0.25) is 11.9 Å². The quantitative estimate of drug-likeness (QED) is 0.535. The Labute approximate surface area is 229 Å². The van der Waals surface area contributed by atoms with Crippen LogP contribution in [-0.4, -0.2) is 60.7 Å². The average molecular weight is 539 g/mol. The highest BCUT2D eigenvalue weighted by Crippen LogP contribution is 2.40. The van der Waals surface area contributed by atoms with Crippen LogP contribution in [0.5, 0.6) is 5.75 Å². The van der Waals surface area contributed by atoms with Gasteiger partial charge in [0.05, 0.1) is 24.4 Å². The minimum absolute atomic E-state index is 0.0147. The van der Waals surface area contributed by atoms with E-state index in [1.807, 2.05) is 13.8 Å². The number of carbonyl (C=O) groups is 2. The Balaban J connectivity index is 1.39. The molecular weight excluding hydrogens is 499 g/mol. The van der Waals surface area contributed by atoms with Crippen LogP contribution in [0.2, 0.25) is 0 Å². The first-order chi connectivity index (χ1) is 18.7. The first-order valence-electron chi connectivity index (χ1n) is 14.0. The van der Waals surface area contributed by atoms with E-state index in [0.717, 1.165) is 18.7 Å². The Bertz CT molecular complexity index is 1220. The van der Waals surface area contributed by atoms with E-state index in [9.17, 15) is 14.0 Å². The number of hydrogen-bond donors (Lipinski definition) is 2. The maximum Gasteiger partial charge on any atom is 0.251 e. The molecular formula is C29H39FN6O3. The molecule has 5 rings (SSSR count). The third-order valence-electron chi connectivity index (χ3n) is 8.30. The van der Waals surface area contributed by atoms with Gasteiger partial charge in [0.15, 0.2) is 5.82 Å². The van der Waals surface area contributed by atoms with Crippen molar-refractivity contribution >= 4 is 35.0 Å². The van der Waals surface area contributed by atoms with Crippen molar-refractivity contribution in [3.63, 3.8) is 0 Å². The summed E-state index contributed by atoms with van der Waals surface area (Å²) in [6, 6.07) is 5.50. The van der Waals surface area contributed by atoms with Gasteiger partial charge in [0, 0.05) is 31.2 Å². The topological polar surface area (TPSA) is 99.7 Å². The first kappa shape index (κ1) is 27.1. The minimum atomic E-state index is -0.767. The minimum Gasteiger partial charge on any atom is -0.495 e. The lowest BCUT2D eigenvalue weighted by atomic mass is 9.91. The standard InChI is InChI=1S/C29H39FN6O3/c1-29(2)17-36(21-7-5-6-8-21)25-23(35(3)27(29)38)16-31-28(34-25)33-22-14-9-18(15-24(22)39-4)26(37)32-20-12-10-19(30)11-13-20/h9,14-16,19-21H,5-8,10-13,17H2,1-4H3,(H,32,37)(H,31,33,34)/t19-,20+. The van der Waals surface area contributed by atoms with Crippen LogP contribution in [0.3, 0.4) is 0 Å². The predicted molar refractivity (Wildman–Crippen MR) is 150 cm³/mol. The van der Waals surface area contributed by atoms with Crippen molar-refractivity contribution in [2.45, 2.75) is 83.5 Å². The highest BCUT2D eigenvalue weighted by atomic mass is 19.1. The molecule has 0 spiro atoms. The van der Waals surface area contributed by atoms with Crippen molar-refractivity contribution in [3.05, 3.63) is 30.0 Å². The number of nitrogens with zero attached hydrogens (tertiary/aromatic N) is 4. The van der Waals surface area contributed by atoms with Crippen molar-refractivity contribution in [2.75, 3.05) is 35.8 Å². The number of aromatic nitrogens is 2. The van der Waals surface area contributed by atoms with Gasteiger partial charge in [-0.1, -0.05) is 12.8 Å². The summed E-state index contributed by atoms with van der Waals surface area (Å²) in [4.78, 5) is 39.5. The van der Waals surface area contributed by atoms with Gasteiger partial charge >= 0.3 is 0 Å². The van der Waals surface area contributed by atoms with E-state index in [2.05, 4.69) is 20.5 Å². The van der Waals surface area contributed by atoms with Crippen LogP contribution in [0.15, 0.2) is 24.4 Å². The third-order valence-corrected chi connectivity index (χ3v) is 8.30. The lowest BCUT2D eigenvalue weighted by Gasteiger charge is -2.34. The van der Waals surface area contributed by atoms with Crippen LogP contribution in [0.1, 0.15) is 75.6 Å². The van der Waals surface area contributed by atoms with Gasteiger partial charge < -0.3 is 25.2 Å². The van der Waals surface area contributed by atoms with Crippen LogP contribution in [-0.2, 0) is 4.79 Å². The molecule has 0 bridgehead atoms. The highest BCUT2D eigenvalue weighted by molar-refractivity contribution is 6.01. The zero-order valence-corrected chi connectivity index (χ0v) is 23.3. The summed E-state index contributed by atoms with van der Waals surface area (Å²) < 4.78 is 19.1. The molecule has 1 aromatic heterocycles. The highest BCUT2D eigenvalue weighted by Gasteiger charge is 2.41. The summed E-state index contributed by atoms with van der Waals surface area (Å²) in [6.07, 6.45) is 7.69. The largest absolute Gasteiger partial charge is 0.495 e. The summed E-state index contributed by atoms with van der Waals surface area (Å²) in [5, 5.41) is 6.27. The normalized spacial score (nSPS) is 23.3. The lowest BCUT2D eigenvalue weighted by Crippen LogP contribution is -2.45. The Morgan fingerprint density at radius 1 is 1.13 bits per heavy atom. The smallest absolute Gasteiger partial charge is 0.251 e. The molecule has 2 heterocycles. The average Bonchev–Trinajstić information content (AvgIpc) is 3.45. The number of ether oxygens (including phenoxy) is 1. The second kappa shape index (κ2) is 11.0. The van der Waals surface area contributed by atoms with E-state index in [1.165, 1.54) is 12.8 Å². The van der Waals surface area contributed by atoms with E-state index in [-0.39, 0.29) is 17.9 Å². The molecule has 10 heteroatoms. The summed E-state index contributed by atoms with van der Waals surface area (Å²) in [7, 11) is 3.33. The number of anilines is 4. The molecule has 9 nitrogen and oxygen atoms in total. The molecule has 0 unspecified atom stereocenters. The maximum atomic E-state index is 13.5. The number of benzene rings is 1. The number of amides is 2. The van der Waals surface area contributed by atoms with Gasteiger partial charge in [-0.05, 0) is 70.6 Å². The molecule has 0 saturated heterocycles. The van der Waals surface area contributed by atoms with Crippen LogP contribution in [0.25, 0.3) is 0 Å². The second-order valence-corrected chi connectivity index (χ2v) is 11.7. The summed E-state index contributed by atoms with van der Waals surface area (Å²) in [5.41, 5.74) is 1.23. The number of fused-ring (bicyclic) bond motifs is 1. The number of nitrogens with one attached hydrogen (secondary N) is 2. The molecule has 3 aliphatic rings. The number of halogens is 1. The summed E-state index contributed by atoms with van der Waals surface area (Å²) in [5.74, 6) is 1.46. The molecule has 2 fully saturated rings. The number of alkyl halides is 1. The molecule has 2 aliphatic carbocycles. The van der Waals surface area contributed by atoms with E-state index >= 15 is 0 Å². The zero-order valence-electron chi connectivity index (χ0n) is 23.3. The fraction of sp³-hybridized carbons (Fsp3) is 0.586. The number of carbonyl (C=O) groups excluding carboxylic acids is 2. The Morgan fingerprint density at radius 3 is 2.54 bits per heavy atom. The van der Waals surface area contributed by atoms with Crippen molar-refractivity contribution in [1.29, 1.82) is 0 Å². The molecule has 1 aliphatic heterocycles. The van der Waals surface area contributed by atoms with Crippen molar-refractivity contribution in [1.82, 2.24) is 15.3 Å². The first-order valence-corrected chi connectivity index (χ1v) is 14.0. The third kappa shape index (κ3) is 5.65. The summed E-state index contributed by atoms with van der Waals surface area (Å²) in [6.45, 7) is 4.56. The SMILES string of the molecule is COc1cc(C(=O)N[C@H]2CC[C@@H](F)CC2)ccc1Nc1ncc2c(n1)N(C1CCCC1)CC(C)(C)C(=O)N2C. The summed E-state index contributed by atoms with van der Waals surface area (Å²) >= 11 is 0. The molecule has 1 aromatic carbocycles. The number of hydrogen-bond acceptors (Lipinski definition) is 7. The Morgan fingerprint density at radius 2 is 1.85 bits per heavy atom. The van der Waals surface area contributed by atoms with Crippen LogP contribution >= 0.6 is 0 Å². The van der Waals surface area contributed by atoms with Gasteiger partial charge in [-0.3, -0.25) is 9.59 Å².